The van der Waals surface area contributed by atoms with Gasteiger partial charge < -0.3 is 10.3 Å². The first-order valence-electron chi connectivity index (χ1n) is 7.47. The second-order valence-corrected chi connectivity index (χ2v) is 6.95. The number of rotatable bonds is 5. The summed E-state index contributed by atoms with van der Waals surface area (Å²) in [6, 6.07) is 8.55. The Bertz CT molecular complexity index is 594. The van der Waals surface area contributed by atoms with Gasteiger partial charge in [0.2, 0.25) is 5.89 Å². The number of thioether (sulfide) groups is 1. The smallest absolute Gasteiger partial charge is 0.227 e. The molecule has 0 atom stereocenters. The Hall–Kier alpha value is -1.04. The first-order chi connectivity index (χ1) is 10.2. The summed E-state index contributed by atoms with van der Waals surface area (Å²) in [4.78, 5) is 5.76. The van der Waals surface area contributed by atoms with E-state index in [-0.39, 0.29) is 17.9 Å². The number of nitrogens with two attached hydrogens (primary N) is 1. The summed E-state index contributed by atoms with van der Waals surface area (Å²) in [5.41, 5.74) is 7.27. The van der Waals surface area contributed by atoms with Crippen LogP contribution in [0, 0.1) is 6.92 Å². The first-order valence-corrected chi connectivity index (χ1v) is 8.46. The molecule has 0 unspecified atom stereocenters. The lowest BCUT2D eigenvalue weighted by Gasteiger charge is -2.17. The number of aryl methyl sites for hydroxylation is 2. The molecule has 0 bridgehead atoms. The van der Waals surface area contributed by atoms with Crippen LogP contribution in [-0.2, 0) is 12.0 Å². The summed E-state index contributed by atoms with van der Waals surface area (Å²) in [5.74, 6) is 2.32. The van der Waals surface area contributed by atoms with Crippen LogP contribution in [0.3, 0.4) is 0 Å². The Morgan fingerprint density at radius 3 is 2.59 bits per heavy atom. The molecule has 2 N–H and O–H groups in total. The van der Waals surface area contributed by atoms with Crippen LogP contribution in [0.1, 0.15) is 43.0 Å². The summed E-state index contributed by atoms with van der Waals surface area (Å²) in [6.45, 7) is 2.10. The third-order valence-electron chi connectivity index (χ3n) is 4.01. The molecule has 1 saturated carbocycles. The molecule has 0 radical (unpaired) electrons. The molecule has 6 heteroatoms. The third-order valence-corrected chi connectivity index (χ3v) is 5.03. The van der Waals surface area contributed by atoms with Crippen LogP contribution in [0.25, 0.3) is 0 Å². The van der Waals surface area contributed by atoms with E-state index in [1.54, 1.807) is 11.8 Å². The van der Waals surface area contributed by atoms with Crippen molar-refractivity contribution in [1.29, 1.82) is 0 Å². The van der Waals surface area contributed by atoms with E-state index in [0.717, 1.165) is 37.9 Å². The predicted molar refractivity (Wildman–Crippen MR) is 91.5 cm³/mol. The highest BCUT2D eigenvalue weighted by Gasteiger charge is 2.35. The van der Waals surface area contributed by atoms with E-state index in [2.05, 4.69) is 41.3 Å². The zero-order chi connectivity index (χ0) is 14.7. The fraction of sp³-hybridized carbons (Fsp3) is 0.500. The maximum Gasteiger partial charge on any atom is 0.227 e. The quantitative estimate of drug-likeness (QED) is 0.838. The molecule has 2 aromatic rings. The largest absolute Gasteiger partial charge is 0.339 e. The molecule has 120 valence electrons. The highest BCUT2D eigenvalue weighted by Crippen LogP contribution is 2.34. The minimum atomic E-state index is -0.355. The number of aromatic nitrogens is 2. The zero-order valence-corrected chi connectivity index (χ0v) is 14.4. The molecule has 0 amide bonds. The molecule has 1 heterocycles. The number of benzene rings is 1. The maximum atomic E-state index is 6.34. The Labute approximate surface area is 141 Å². The fourth-order valence-electron chi connectivity index (χ4n) is 2.68. The maximum absolute atomic E-state index is 6.34. The van der Waals surface area contributed by atoms with Gasteiger partial charge in [0.25, 0.3) is 0 Å². The molecular weight excluding hydrogens is 318 g/mol. The van der Waals surface area contributed by atoms with Crippen molar-refractivity contribution in [2.45, 2.75) is 49.5 Å². The summed E-state index contributed by atoms with van der Waals surface area (Å²) in [6.07, 6.45) is 5.02. The van der Waals surface area contributed by atoms with E-state index < -0.39 is 0 Å². The van der Waals surface area contributed by atoms with Crippen molar-refractivity contribution in [1.82, 2.24) is 10.1 Å². The molecule has 0 aliphatic heterocycles. The van der Waals surface area contributed by atoms with Crippen molar-refractivity contribution in [2.24, 2.45) is 5.73 Å². The van der Waals surface area contributed by atoms with Gasteiger partial charge in [0, 0.05) is 17.1 Å². The van der Waals surface area contributed by atoms with Gasteiger partial charge in [-0.3, -0.25) is 0 Å². The number of hydrogen-bond acceptors (Lipinski definition) is 5. The molecule has 1 aromatic heterocycles. The summed E-state index contributed by atoms with van der Waals surface area (Å²) < 4.78 is 5.34. The summed E-state index contributed by atoms with van der Waals surface area (Å²) in [5, 5.41) is 4.09. The highest BCUT2D eigenvalue weighted by atomic mass is 35.5. The molecule has 1 aromatic carbocycles. The molecular formula is C16H22ClN3OS. The lowest BCUT2D eigenvalue weighted by molar-refractivity contribution is 0.351. The van der Waals surface area contributed by atoms with Crippen LogP contribution in [0.2, 0.25) is 0 Å². The summed E-state index contributed by atoms with van der Waals surface area (Å²) in [7, 11) is 0. The second-order valence-electron chi connectivity index (χ2n) is 5.79. The molecule has 0 saturated heterocycles. The van der Waals surface area contributed by atoms with E-state index in [1.165, 1.54) is 10.5 Å². The van der Waals surface area contributed by atoms with Gasteiger partial charge in [-0.25, -0.2) is 0 Å². The second kappa shape index (κ2) is 7.49. The monoisotopic (exact) mass is 339 g/mol. The Morgan fingerprint density at radius 2 is 1.91 bits per heavy atom. The topological polar surface area (TPSA) is 64.9 Å². The van der Waals surface area contributed by atoms with E-state index in [0.29, 0.717) is 11.7 Å². The molecule has 22 heavy (non-hydrogen) atoms. The molecule has 1 aliphatic rings. The lowest BCUT2D eigenvalue weighted by Crippen LogP contribution is -2.34. The molecule has 4 nitrogen and oxygen atoms in total. The predicted octanol–water partition coefficient (Wildman–Crippen LogP) is 3.86. The number of nitrogens with zero attached hydrogens (tertiary/aromatic N) is 2. The van der Waals surface area contributed by atoms with Crippen LogP contribution in [0.5, 0.6) is 0 Å². The van der Waals surface area contributed by atoms with Gasteiger partial charge in [0.1, 0.15) is 0 Å². The van der Waals surface area contributed by atoms with Crippen LogP contribution in [-0.4, -0.2) is 15.9 Å². The standard InChI is InChI=1S/C16H21N3OS.ClH/c1-12-4-6-13(7-5-12)21-11-8-14-18-15(19-20-14)16(17)9-2-3-10-16;/h4-7H,2-3,8-11,17H2,1H3;1H. The van der Waals surface area contributed by atoms with Gasteiger partial charge in [0.05, 0.1) is 5.54 Å². The van der Waals surface area contributed by atoms with Crippen LogP contribution in [0.15, 0.2) is 33.7 Å². The van der Waals surface area contributed by atoms with Crippen LogP contribution < -0.4 is 5.73 Å². The summed E-state index contributed by atoms with van der Waals surface area (Å²) >= 11 is 1.81. The van der Waals surface area contributed by atoms with Crippen molar-refractivity contribution >= 4 is 24.2 Å². The molecule has 3 rings (SSSR count). The zero-order valence-electron chi connectivity index (χ0n) is 12.7. The van der Waals surface area contributed by atoms with Crippen molar-refractivity contribution in [3.05, 3.63) is 41.5 Å². The van der Waals surface area contributed by atoms with E-state index >= 15 is 0 Å². The van der Waals surface area contributed by atoms with Crippen LogP contribution in [0.4, 0.5) is 0 Å². The average Bonchev–Trinajstić information content (AvgIpc) is 3.11. The van der Waals surface area contributed by atoms with Crippen molar-refractivity contribution in [3.63, 3.8) is 0 Å². The van der Waals surface area contributed by atoms with Crippen molar-refractivity contribution in [2.75, 3.05) is 5.75 Å². The fourth-order valence-corrected chi connectivity index (χ4v) is 3.52. The average molecular weight is 340 g/mol. The van der Waals surface area contributed by atoms with Crippen molar-refractivity contribution in [3.8, 4) is 0 Å². The SMILES string of the molecule is Cc1ccc(SCCc2nc(C3(N)CCCC3)no2)cc1.Cl. The lowest BCUT2D eigenvalue weighted by atomic mass is 9.99. The third kappa shape index (κ3) is 4.03. The first kappa shape index (κ1) is 17.3. The Balaban J connectivity index is 0.00000176. The van der Waals surface area contributed by atoms with Gasteiger partial charge in [-0.05, 0) is 31.9 Å². The Morgan fingerprint density at radius 1 is 1.23 bits per heavy atom. The normalized spacial score (nSPS) is 16.5. The number of halogens is 1. The van der Waals surface area contributed by atoms with Gasteiger partial charge in [-0.2, -0.15) is 4.98 Å². The van der Waals surface area contributed by atoms with Gasteiger partial charge in [-0.1, -0.05) is 35.7 Å². The minimum absolute atomic E-state index is 0. The molecule has 1 aliphatic carbocycles. The number of hydrogen-bond donors (Lipinski definition) is 1. The van der Waals surface area contributed by atoms with Crippen molar-refractivity contribution < 1.29 is 4.52 Å². The molecule has 1 fully saturated rings. The van der Waals surface area contributed by atoms with Gasteiger partial charge in [-0.15, -0.1) is 24.2 Å². The van der Waals surface area contributed by atoms with E-state index in [4.69, 9.17) is 10.3 Å². The van der Waals surface area contributed by atoms with Crippen LogP contribution >= 0.6 is 24.2 Å². The molecule has 0 spiro atoms. The van der Waals surface area contributed by atoms with E-state index in [1.807, 2.05) is 0 Å². The Kier molecular flexibility index (Phi) is 5.89. The van der Waals surface area contributed by atoms with E-state index in [9.17, 15) is 0 Å². The highest BCUT2D eigenvalue weighted by molar-refractivity contribution is 7.99. The van der Waals surface area contributed by atoms with Gasteiger partial charge >= 0.3 is 0 Å². The minimum Gasteiger partial charge on any atom is -0.339 e. The van der Waals surface area contributed by atoms with Gasteiger partial charge in [0.15, 0.2) is 5.82 Å².